The molecule has 0 saturated carbocycles. The minimum atomic E-state index is -0.716. The number of ether oxygens (including phenoxy) is 5. The number of aliphatic hydroxyl groups excluding tert-OH is 4. The van der Waals surface area contributed by atoms with Gasteiger partial charge in [0.1, 0.15) is 6.61 Å². The fourth-order valence-corrected chi connectivity index (χ4v) is 10.9. The Balaban J connectivity index is 2.41. The average molecular weight is 1150 g/mol. The molecule has 0 aromatic rings. The molecule has 0 aromatic heterocycles. The second kappa shape index (κ2) is 49.3. The van der Waals surface area contributed by atoms with Gasteiger partial charge in [0, 0.05) is 109 Å². The van der Waals surface area contributed by atoms with Crippen molar-refractivity contribution in [3.05, 3.63) is 0 Å². The number of carbonyl (C=O) groups excluding carboxylic acids is 5. The van der Waals surface area contributed by atoms with E-state index in [2.05, 4.69) is 42.4 Å². The SMILES string of the molecule is CCCOC(=O)CCCC(O)CN(CCCC(=O)OCCN1CCN(CCSSCCCCN(CC(O)CCCCC(=O)OCCC(C)C)CC(O)CCCCC(=O)OCCC(C)C)CC1)CC(O)CCCC(=O)OCCC. The van der Waals surface area contributed by atoms with Crippen molar-refractivity contribution in [3.8, 4) is 0 Å². The normalized spacial score (nSPS) is 14.9. The number of nitrogens with zero attached hydrogens (tertiary/aromatic N) is 4. The van der Waals surface area contributed by atoms with Gasteiger partial charge in [-0.15, -0.1) is 0 Å². The van der Waals surface area contributed by atoms with Crippen LogP contribution in [0.1, 0.15) is 183 Å². The van der Waals surface area contributed by atoms with Gasteiger partial charge < -0.3 is 44.1 Å². The lowest BCUT2D eigenvalue weighted by Gasteiger charge is -2.34. The molecule has 1 heterocycles. The smallest absolute Gasteiger partial charge is 0.305 e. The first-order valence-corrected chi connectivity index (χ1v) is 32.6. The summed E-state index contributed by atoms with van der Waals surface area (Å²) in [5.41, 5.74) is 0. The van der Waals surface area contributed by atoms with Gasteiger partial charge in [-0.2, -0.15) is 0 Å². The zero-order chi connectivity index (χ0) is 57.6. The zero-order valence-corrected chi connectivity index (χ0v) is 51.1. The third-order valence-corrected chi connectivity index (χ3v) is 15.9. The molecule has 4 N–H and O–H groups in total. The highest BCUT2D eigenvalue weighted by atomic mass is 33.1. The zero-order valence-electron chi connectivity index (χ0n) is 49.4. The van der Waals surface area contributed by atoms with Gasteiger partial charge in [-0.3, -0.25) is 43.6 Å². The minimum Gasteiger partial charge on any atom is -0.466 e. The summed E-state index contributed by atoms with van der Waals surface area (Å²) in [6.07, 6.45) is 10.3. The molecule has 1 saturated heterocycles. The molecule has 78 heavy (non-hydrogen) atoms. The fourth-order valence-electron chi connectivity index (χ4n) is 8.70. The molecule has 1 fully saturated rings. The standard InChI is InChI=1S/C58H110N4O14S2/c1-7-37-72-56(69)24-15-20-52(65)46-62(47-53(66)21-16-25-57(70)73-38-8-2)30-17-26-58(71)76-41-35-59-31-33-60(34-32-59)36-43-78-77-42-14-13-29-61(44-50(63)18-9-11-22-54(67)74-39-27-48(3)4)45-51(64)19-10-12-23-55(68)75-40-28-49(5)6/h48-53,63-66H,7-47H2,1-6H3. The van der Waals surface area contributed by atoms with Crippen LogP contribution < -0.4 is 0 Å². The fraction of sp³-hybridized carbons (Fsp3) is 0.914. The van der Waals surface area contributed by atoms with Gasteiger partial charge in [0.25, 0.3) is 0 Å². The van der Waals surface area contributed by atoms with E-state index < -0.39 is 24.4 Å². The van der Waals surface area contributed by atoms with Crippen LogP contribution in [-0.2, 0) is 47.7 Å². The van der Waals surface area contributed by atoms with Crippen LogP contribution in [0.3, 0.4) is 0 Å². The van der Waals surface area contributed by atoms with Crippen molar-refractivity contribution in [2.24, 2.45) is 11.8 Å². The number of carbonyl (C=O) groups is 5. The van der Waals surface area contributed by atoms with Crippen molar-refractivity contribution in [2.45, 2.75) is 207 Å². The molecule has 4 unspecified atom stereocenters. The number of aliphatic hydroxyl groups is 4. The maximum absolute atomic E-state index is 12.7. The topological polar surface area (TPSA) is 225 Å². The van der Waals surface area contributed by atoms with Gasteiger partial charge in [-0.1, -0.05) is 76.0 Å². The third kappa shape index (κ3) is 45.4. The van der Waals surface area contributed by atoms with E-state index in [-0.39, 0.29) is 62.2 Å². The predicted octanol–water partition coefficient (Wildman–Crippen LogP) is 7.68. The summed E-state index contributed by atoms with van der Waals surface area (Å²) in [6, 6.07) is 0. The van der Waals surface area contributed by atoms with Crippen molar-refractivity contribution in [1.29, 1.82) is 0 Å². The van der Waals surface area contributed by atoms with Gasteiger partial charge >= 0.3 is 29.8 Å². The van der Waals surface area contributed by atoms with Crippen LogP contribution in [0.2, 0.25) is 0 Å². The largest absolute Gasteiger partial charge is 0.466 e. The highest BCUT2D eigenvalue weighted by Gasteiger charge is 2.21. The lowest BCUT2D eigenvalue weighted by Crippen LogP contribution is -2.47. The van der Waals surface area contributed by atoms with E-state index in [0.717, 1.165) is 102 Å². The number of rotatable bonds is 52. The van der Waals surface area contributed by atoms with E-state index in [1.54, 1.807) is 0 Å². The Morgan fingerprint density at radius 1 is 0.410 bits per heavy atom. The molecule has 0 aromatic carbocycles. The molecule has 0 bridgehead atoms. The first kappa shape index (κ1) is 73.7. The third-order valence-electron chi connectivity index (χ3n) is 13.4. The van der Waals surface area contributed by atoms with Gasteiger partial charge in [0.2, 0.25) is 0 Å². The molecule has 1 rings (SSSR count). The van der Waals surface area contributed by atoms with E-state index >= 15 is 0 Å². The van der Waals surface area contributed by atoms with Gasteiger partial charge in [0.05, 0.1) is 50.8 Å². The summed E-state index contributed by atoms with van der Waals surface area (Å²) in [5.74, 6) is 1.82. The molecule has 0 amide bonds. The molecule has 0 spiro atoms. The van der Waals surface area contributed by atoms with Crippen LogP contribution in [0.4, 0.5) is 0 Å². The summed E-state index contributed by atoms with van der Waals surface area (Å²) in [4.78, 5) is 69.6. The van der Waals surface area contributed by atoms with E-state index in [0.29, 0.717) is 142 Å². The Morgan fingerprint density at radius 3 is 1.18 bits per heavy atom. The van der Waals surface area contributed by atoms with Crippen molar-refractivity contribution in [2.75, 3.05) is 123 Å². The van der Waals surface area contributed by atoms with E-state index in [9.17, 15) is 44.4 Å². The first-order chi connectivity index (χ1) is 37.5. The lowest BCUT2D eigenvalue weighted by molar-refractivity contribution is -0.145. The Bertz CT molecular complexity index is 1440. The van der Waals surface area contributed by atoms with Crippen LogP contribution in [0, 0.1) is 11.8 Å². The molecule has 20 heteroatoms. The van der Waals surface area contributed by atoms with Crippen LogP contribution in [-0.4, -0.2) is 217 Å². The number of esters is 5. The van der Waals surface area contributed by atoms with Crippen LogP contribution in [0.15, 0.2) is 0 Å². The molecule has 1 aliphatic rings. The second-order valence-electron chi connectivity index (χ2n) is 22.0. The quantitative estimate of drug-likeness (QED) is 0.0198. The van der Waals surface area contributed by atoms with Crippen molar-refractivity contribution in [1.82, 2.24) is 19.6 Å². The summed E-state index contributed by atoms with van der Waals surface area (Å²) in [6.45, 7) is 22.4. The second-order valence-corrected chi connectivity index (χ2v) is 24.7. The summed E-state index contributed by atoms with van der Waals surface area (Å²) < 4.78 is 26.5. The van der Waals surface area contributed by atoms with Crippen molar-refractivity contribution >= 4 is 51.4 Å². The Hall–Kier alpha value is -2.27. The predicted molar refractivity (Wildman–Crippen MR) is 312 cm³/mol. The minimum absolute atomic E-state index is 0.182. The van der Waals surface area contributed by atoms with E-state index in [1.807, 2.05) is 40.3 Å². The lowest BCUT2D eigenvalue weighted by atomic mass is 10.1. The monoisotopic (exact) mass is 1150 g/mol. The van der Waals surface area contributed by atoms with Crippen molar-refractivity contribution < 1.29 is 68.1 Å². The Labute approximate surface area is 479 Å². The molecular weight excluding hydrogens is 1040 g/mol. The number of unbranched alkanes of at least 4 members (excludes halogenated alkanes) is 3. The van der Waals surface area contributed by atoms with Gasteiger partial charge in [0.15, 0.2) is 0 Å². The Morgan fingerprint density at radius 2 is 0.756 bits per heavy atom. The highest BCUT2D eigenvalue weighted by molar-refractivity contribution is 8.76. The number of hydrogen-bond acceptors (Lipinski definition) is 20. The molecule has 1 aliphatic heterocycles. The molecule has 4 atom stereocenters. The summed E-state index contributed by atoms with van der Waals surface area (Å²) in [7, 11) is 3.78. The van der Waals surface area contributed by atoms with Gasteiger partial charge in [-0.05, 0) is 121 Å². The van der Waals surface area contributed by atoms with Crippen LogP contribution in [0.25, 0.3) is 0 Å². The maximum Gasteiger partial charge on any atom is 0.305 e. The number of piperazine rings is 1. The summed E-state index contributed by atoms with van der Waals surface area (Å²) in [5, 5.41) is 43.5. The average Bonchev–Trinajstić information content (AvgIpc) is 3.38. The highest BCUT2D eigenvalue weighted by Crippen LogP contribution is 2.23. The maximum atomic E-state index is 12.7. The Kier molecular flexibility index (Phi) is 46.7. The van der Waals surface area contributed by atoms with Gasteiger partial charge in [-0.25, -0.2) is 0 Å². The summed E-state index contributed by atoms with van der Waals surface area (Å²) >= 11 is 0. The molecule has 18 nitrogen and oxygen atoms in total. The van der Waals surface area contributed by atoms with Crippen LogP contribution in [0.5, 0.6) is 0 Å². The molecular formula is C58H110N4O14S2. The molecule has 0 aliphatic carbocycles. The molecule has 458 valence electrons. The van der Waals surface area contributed by atoms with Crippen molar-refractivity contribution in [3.63, 3.8) is 0 Å². The number of hydrogen-bond donors (Lipinski definition) is 4. The van der Waals surface area contributed by atoms with E-state index in [1.165, 1.54) is 0 Å². The molecule has 0 radical (unpaired) electrons. The first-order valence-electron chi connectivity index (χ1n) is 30.1. The van der Waals surface area contributed by atoms with E-state index in [4.69, 9.17) is 23.7 Å². The van der Waals surface area contributed by atoms with Crippen LogP contribution >= 0.6 is 21.6 Å².